The van der Waals surface area contributed by atoms with Crippen LogP contribution in [0.2, 0.25) is 0 Å². The van der Waals surface area contributed by atoms with Crippen LogP contribution in [-0.4, -0.2) is 42.9 Å². The third kappa shape index (κ3) is 3.63. The summed E-state index contributed by atoms with van der Waals surface area (Å²) in [7, 11) is -5.28. The second-order valence-corrected chi connectivity index (χ2v) is 8.77. The number of hydrogen-bond acceptors (Lipinski definition) is 4. The number of benzene rings is 1. The highest BCUT2D eigenvalue weighted by Gasteiger charge is 2.35. The van der Waals surface area contributed by atoms with Gasteiger partial charge in [0.25, 0.3) is 0 Å². The quantitative estimate of drug-likeness (QED) is 0.867. The summed E-state index contributed by atoms with van der Waals surface area (Å²) < 4.78 is 87.6. The molecule has 12 heteroatoms. The van der Waals surface area contributed by atoms with Gasteiger partial charge in [-0.05, 0) is 18.2 Å². The van der Waals surface area contributed by atoms with Crippen molar-refractivity contribution < 1.29 is 30.0 Å². The lowest BCUT2D eigenvalue weighted by Gasteiger charge is -2.13. The number of nitrogens with one attached hydrogen (secondary N) is 1. The molecule has 0 aromatic heterocycles. The minimum atomic E-state index is -4.58. The van der Waals surface area contributed by atoms with Crippen LogP contribution in [0.15, 0.2) is 18.2 Å². The van der Waals surface area contributed by atoms with Gasteiger partial charge in [-0.25, -0.2) is 8.42 Å². The fourth-order valence-electron chi connectivity index (χ4n) is 2.02. The molecule has 0 aliphatic carbocycles. The van der Waals surface area contributed by atoms with Crippen LogP contribution in [0.5, 0.6) is 0 Å². The first-order valence-corrected chi connectivity index (χ1v) is 9.32. The van der Waals surface area contributed by atoms with Gasteiger partial charge in [-0.3, -0.25) is 13.3 Å². The van der Waals surface area contributed by atoms with Crippen molar-refractivity contribution in [2.24, 2.45) is 0 Å². The summed E-state index contributed by atoms with van der Waals surface area (Å²) in [4.78, 5) is 0. The average Bonchev–Trinajstić information content (AvgIpc) is 2.57. The fourth-order valence-corrected chi connectivity index (χ4v) is 4.27. The normalized spacial score (nSPS) is 17.3. The maximum atomic E-state index is 12.1. The Bertz CT molecular complexity index is 821. The summed E-state index contributed by atoms with van der Waals surface area (Å²) in [6, 6.07) is 3.91. The number of alkyl halides is 3. The summed E-state index contributed by atoms with van der Waals surface area (Å²) in [5.74, 6) is -1.11. The van der Waals surface area contributed by atoms with Gasteiger partial charge in [-0.1, -0.05) is 0 Å². The van der Waals surface area contributed by atoms with E-state index in [1.165, 1.54) is 32.3 Å². The molecule has 0 saturated heterocycles. The first-order valence-electron chi connectivity index (χ1n) is 6.27. The first-order chi connectivity index (χ1) is 10.3. The Morgan fingerprint density at radius 2 is 1.70 bits per heavy atom. The van der Waals surface area contributed by atoms with Gasteiger partial charge in [0.2, 0.25) is 10.0 Å². The predicted octanol–water partition coefficient (Wildman–Crippen LogP) is 1.51. The average molecular weight is 373 g/mol. The number of hydrogen-bond donors (Lipinski definition) is 1. The third-order valence-corrected chi connectivity index (χ3v) is 6.34. The van der Waals surface area contributed by atoms with Crippen molar-refractivity contribution in [1.29, 1.82) is 0 Å². The summed E-state index contributed by atoms with van der Waals surface area (Å²) in [5, 5.41) is 0. The lowest BCUT2D eigenvalue weighted by Crippen LogP contribution is -2.32. The highest BCUT2D eigenvalue weighted by atomic mass is 32.2. The molecule has 0 radical (unpaired) electrons. The number of rotatable bonds is 4. The van der Waals surface area contributed by atoms with E-state index < -0.39 is 38.6 Å². The number of nitrogens with zero attached hydrogens (tertiary/aromatic N) is 2. The van der Waals surface area contributed by atoms with Crippen LogP contribution in [0.4, 0.5) is 30.2 Å². The summed E-state index contributed by atoms with van der Waals surface area (Å²) in [5.41, 5.74) is 0.553. The van der Waals surface area contributed by atoms with Gasteiger partial charge in [0.1, 0.15) is 0 Å². The molecule has 130 valence electrons. The molecule has 0 atom stereocenters. The van der Waals surface area contributed by atoms with E-state index in [0.29, 0.717) is 5.69 Å². The standard InChI is InChI=1S/C11H14F3N3O4S2/c1-16-9-4-3-8(7-10(9)17(2)23(16,20)21)15-22(18,19)6-5-11(12,13)14/h3-4,7,15H,5-6H2,1-2H3. The number of sulfonamides is 1. The molecular formula is C11H14F3N3O4S2. The van der Waals surface area contributed by atoms with E-state index >= 15 is 0 Å². The van der Waals surface area contributed by atoms with Gasteiger partial charge < -0.3 is 0 Å². The maximum absolute atomic E-state index is 12.1. The lowest BCUT2D eigenvalue weighted by atomic mass is 10.2. The van der Waals surface area contributed by atoms with E-state index in [4.69, 9.17) is 0 Å². The Hall–Kier alpha value is -1.69. The van der Waals surface area contributed by atoms with Gasteiger partial charge in [0, 0.05) is 14.1 Å². The third-order valence-electron chi connectivity index (χ3n) is 3.27. The topological polar surface area (TPSA) is 86.8 Å². The van der Waals surface area contributed by atoms with Crippen molar-refractivity contribution in [1.82, 2.24) is 0 Å². The van der Waals surface area contributed by atoms with E-state index in [2.05, 4.69) is 0 Å². The van der Waals surface area contributed by atoms with Crippen LogP contribution in [0.1, 0.15) is 6.42 Å². The molecule has 1 heterocycles. The van der Waals surface area contributed by atoms with Crippen molar-refractivity contribution in [2.75, 3.05) is 33.2 Å². The molecule has 0 amide bonds. The highest BCUT2D eigenvalue weighted by Crippen LogP contribution is 2.40. The smallest absolute Gasteiger partial charge is 0.283 e. The molecule has 1 aromatic rings. The molecule has 7 nitrogen and oxygen atoms in total. The van der Waals surface area contributed by atoms with E-state index in [-0.39, 0.29) is 11.4 Å². The molecule has 1 aliphatic heterocycles. The van der Waals surface area contributed by atoms with Gasteiger partial charge in [0.05, 0.1) is 29.2 Å². The van der Waals surface area contributed by atoms with Crippen molar-refractivity contribution in [3.05, 3.63) is 18.2 Å². The van der Waals surface area contributed by atoms with Gasteiger partial charge in [0.15, 0.2) is 0 Å². The number of fused-ring (bicyclic) bond motifs is 1. The van der Waals surface area contributed by atoms with Gasteiger partial charge >= 0.3 is 16.4 Å². The summed E-state index contributed by atoms with van der Waals surface area (Å²) in [6.07, 6.45) is -6.05. The molecular weight excluding hydrogens is 359 g/mol. The van der Waals surface area contributed by atoms with Crippen molar-refractivity contribution in [3.8, 4) is 0 Å². The minimum Gasteiger partial charge on any atom is -0.283 e. The number of anilines is 3. The van der Waals surface area contributed by atoms with E-state index in [1.54, 1.807) is 0 Å². The fraction of sp³-hybridized carbons (Fsp3) is 0.455. The second-order valence-electron chi connectivity index (χ2n) is 4.93. The lowest BCUT2D eigenvalue weighted by molar-refractivity contribution is -0.129. The van der Waals surface area contributed by atoms with Crippen molar-refractivity contribution in [2.45, 2.75) is 12.6 Å². The monoisotopic (exact) mass is 373 g/mol. The summed E-state index contributed by atoms with van der Waals surface area (Å²) in [6.45, 7) is 0. The molecule has 0 saturated carbocycles. The second kappa shape index (κ2) is 5.44. The van der Waals surface area contributed by atoms with Crippen molar-refractivity contribution in [3.63, 3.8) is 0 Å². The van der Waals surface area contributed by atoms with Crippen molar-refractivity contribution >= 4 is 37.3 Å². The zero-order valence-corrected chi connectivity index (χ0v) is 13.8. The maximum Gasteiger partial charge on any atom is 0.390 e. The predicted molar refractivity (Wildman–Crippen MR) is 80.2 cm³/mol. The van der Waals surface area contributed by atoms with Crippen LogP contribution in [0.25, 0.3) is 0 Å². The Morgan fingerprint density at radius 3 is 2.26 bits per heavy atom. The zero-order chi connectivity index (χ0) is 17.6. The summed E-state index contributed by atoms with van der Waals surface area (Å²) >= 11 is 0. The van der Waals surface area contributed by atoms with Gasteiger partial charge in [-0.2, -0.15) is 21.6 Å². The zero-order valence-electron chi connectivity index (χ0n) is 12.1. The highest BCUT2D eigenvalue weighted by molar-refractivity contribution is 7.94. The van der Waals surface area contributed by atoms with E-state index in [9.17, 15) is 30.0 Å². The van der Waals surface area contributed by atoms with Crippen LogP contribution in [0.3, 0.4) is 0 Å². The molecule has 0 bridgehead atoms. The first kappa shape index (κ1) is 17.7. The molecule has 2 rings (SSSR count). The SMILES string of the molecule is CN1c2ccc(NS(=O)(=O)CCC(F)(F)F)cc2N(C)S1(=O)=O. The molecule has 23 heavy (non-hydrogen) atoms. The van der Waals surface area contributed by atoms with Crippen LogP contribution in [-0.2, 0) is 20.2 Å². The molecule has 0 spiro atoms. The minimum absolute atomic E-state index is 0.0109. The molecule has 1 N–H and O–H groups in total. The largest absolute Gasteiger partial charge is 0.390 e. The molecule has 1 aliphatic rings. The van der Waals surface area contributed by atoms with Crippen LogP contribution in [0, 0.1) is 0 Å². The Kier molecular flexibility index (Phi) is 4.18. The number of halogens is 3. The molecule has 1 aromatic carbocycles. The Labute approximate surface area is 131 Å². The van der Waals surface area contributed by atoms with Crippen LogP contribution >= 0.6 is 0 Å². The van der Waals surface area contributed by atoms with E-state index in [0.717, 1.165) is 8.61 Å². The Morgan fingerprint density at radius 1 is 1.13 bits per heavy atom. The van der Waals surface area contributed by atoms with Crippen LogP contribution < -0.4 is 13.3 Å². The van der Waals surface area contributed by atoms with Gasteiger partial charge in [-0.15, -0.1) is 0 Å². The Balaban J connectivity index is 2.24. The molecule has 0 fully saturated rings. The van der Waals surface area contributed by atoms with E-state index in [1.807, 2.05) is 4.72 Å². The molecule has 0 unspecified atom stereocenters.